The average molecular weight is 380 g/mol. The average Bonchev–Trinajstić information content (AvgIpc) is 2.71. The molecule has 1 unspecified atom stereocenters. The first-order valence-electron chi connectivity index (χ1n) is 9.71. The summed E-state index contributed by atoms with van der Waals surface area (Å²) in [7, 11) is 1.63. The third kappa shape index (κ3) is 6.68. The molecule has 0 saturated carbocycles. The Labute approximate surface area is 162 Å². The van der Waals surface area contributed by atoms with Gasteiger partial charge in [-0.15, -0.1) is 0 Å². The van der Waals surface area contributed by atoms with Crippen molar-refractivity contribution in [2.45, 2.75) is 26.5 Å². The zero-order valence-corrected chi connectivity index (χ0v) is 16.8. The Morgan fingerprint density at radius 1 is 1.19 bits per heavy atom. The summed E-state index contributed by atoms with van der Waals surface area (Å²) < 4.78 is 11.3. The Balaban J connectivity index is 1.88. The Bertz CT molecular complexity index is 572. The van der Waals surface area contributed by atoms with Gasteiger partial charge in [-0.2, -0.15) is 0 Å². The van der Waals surface area contributed by atoms with Crippen LogP contribution in [0.5, 0.6) is 11.5 Å². The normalized spacial score (nSPS) is 16.4. The lowest BCUT2D eigenvalue weighted by atomic mass is 10.1. The molecule has 2 rings (SSSR count). The monoisotopic (exact) mass is 379 g/mol. The number of aliphatic hydroxyl groups is 1. The molecule has 0 aromatic heterocycles. The predicted octanol–water partition coefficient (Wildman–Crippen LogP) is 1.05. The summed E-state index contributed by atoms with van der Waals surface area (Å²) in [6.45, 7) is 10.9. The van der Waals surface area contributed by atoms with Gasteiger partial charge < -0.3 is 24.4 Å². The molecule has 0 bridgehead atoms. The lowest BCUT2D eigenvalue weighted by Gasteiger charge is -2.32. The number of benzene rings is 1. The fourth-order valence-electron chi connectivity index (χ4n) is 3.23. The molecule has 1 saturated heterocycles. The van der Waals surface area contributed by atoms with Gasteiger partial charge in [0.1, 0.15) is 12.7 Å². The summed E-state index contributed by atoms with van der Waals surface area (Å²) in [5.74, 6) is 1.32. The van der Waals surface area contributed by atoms with Gasteiger partial charge in [0.2, 0.25) is 6.41 Å². The van der Waals surface area contributed by atoms with Gasteiger partial charge >= 0.3 is 0 Å². The van der Waals surface area contributed by atoms with Gasteiger partial charge in [0, 0.05) is 39.3 Å². The first-order valence-corrected chi connectivity index (χ1v) is 9.71. The highest BCUT2D eigenvalue weighted by molar-refractivity contribution is 5.47. The Morgan fingerprint density at radius 3 is 2.48 bits per heavy atom. The molecule has 152 valence electrons. The first-order chi connectivity index (χ1) is 13.1. The quantitative estimate of drug-likeness (QED) is 0.580. The molecular formula is C20H33N3O4. The van der Waals surface area contributed by atoms with Crippen molar-refractivity contribution in [3.63, 3.8) is 0 Å². The second kappa shape index (κ2) is 11.1. The predicted molar refractivity (Wildman–Crippen MR) is 105 cm³/mol. The highest BCUT2D eigenvalue weighted by atomic mass is 16.5. The number of rotatable bonds is 11. The molecule has 1 amide bonds. The number of methoxy groups -OCH3 is 1. The Morgan fingerprint density at radius 2 is 1.89 bits per heavy atom. The van der Waals surface area contributed by atoms with Crippen molar-refractivity contribution in [1.29, 1.82) is 0 Å². The van der Waals surface area contributed by atoms with E-state index in [1.165, 1.54) is 0 Å². The van der Waals surface area contributed by atoms with E-state index in [0.29, 0.717) is 18.0 Å². The Hall–Kier alpha value is -1.83. The van der Waals surface area contributed by atoms with E-state index >= 15 is 0 Å². The van der Waals surface area contributed by atoms with Gasteiger partial charge in [0.15, 0.2) is 11.5 Å². The summed E-state index contributed by atoms with van der Waals surface area (Å²) in [5, 5.41) is 10.2. The smallest absolute Gasteiger partial charge is 0.209 e. The zero-order chi connectivity index (χ0) is 19.6. The SMILES string of the molecule is CCN(CC)CC(O)COc1ccc(CN2CCN(C=O)CC2)cc1OC. The molecule has 0 spiro atoms. The van der Waals surface area contributed by atoms with E-state index in [0.717, 1.165) is 57.8 Å². The van der Waals surface area contributed by atoms with Crippen molar-refractivity contribution < 1.29 is 19.4 Å². The summed E-state index contributed by atoms with van der Waals surface area (Å²) in [6, 6.07) is 5.92. The molecule has 1 aromatic rings. The van der Waals surface area contributed by atoms with Crippen LogP contribution in [0.3, 0.4) is 0 Å². The molecule has 1 N–H and O–H groups in total. The maximum Gasteiger partial charge on any atom is 0.209 e. The standard InChI is InChI=1S/C20H33N3O4/c1-4-21(5-2)14-18(25)15-27-19-7-6-17(12-20(19)26-3)13-22-8-10-23(16-24)11-9-22/h6-7,12,16,18,25H,4-5,8-11,13-15H2,1-3H3. The van der Waals surface area contributed by atoms with Gasteiger partial charge in [-0.1, -0.05) is 19.9 Å². The minimum atomic E-state index is -0.539. The van der Waals surface area contributed by atoms with Crippen LogP contribution in [-0.4, -0.2) is 91.9 Å². The zero-order valence-electron chi connectivity index (χ0n) is 16.8. The minimum absolute atomic E-state index is 0.236. The number of hydrogen-bond acceptors (Lipinski definition) is 6. The number of carbonyl (C=O) groups is 1. The maximum absolute atomic E-state index is 10.8. The molecule has 1 aromatic carbocycles. The first kappa shape index (κ1) is 21.5. The summed E-state index contributed by atoms with van der Waals surface area (Å²) in [4.78, 5) is 17.1. The topological polar surface area (TPSA) is 65.5 Å². The molecule has 1 atom stereocenters. The van der Waals surface area contributed by atoms with Crippen molar-refractivity contribution in [1.82, 2.24) is 14.7 Å². The second-order valence-corrected chi connectivity index (χ2v) is 6.85. The van der Waals surface area contributed by atoms with Crippen LogP contribution in [0.25, 0.3) is 0 Å². The van der Waals surface area contributed by atoms with Crippen LogP contribution in [-0.2, 0) is 11.3 Å². The molecule has 27 heavy (non-hydrogen) atoms. The van der Waals surface area contributed by atoms with Crippen molar-refractivity contribution in [3.8, 4) is 11.5 Å². The van der Waals surface area contributed by atoms with E-state index < -0.39 is 6.10 Å². The maximum atomic E-state index is 10.8. The van der Waals surface area contributed by atoms with Crippen molar-refractivity contribution in [3.05, 3.63) is 23.8 Å². The summed E-state index contributed by atoms with van der Waals surface area (Å²) in [5.41, 5.74) is 1.14. The minimum Gasteiger partial charge on any atom is -0.493 e. The molecule has 1 fully saturated rings. The fourth-order valence-corrected chi connectivity index (χ4v) is 3.23. The van der Waals surface area contributed by atoms with Crippen molar-refractivity contribution in [2.24, 2.45) is 0 Å². The van der Waals surface area contributed by atoms with Crippen molar-refractivity contribution in [2.75, 3.05) is 59.5 Å². The third-order valence-electron chi connectivity index (χ3n) is 4.98. The summed E-state index contributed by atoms with van der Waals surface area (Å²) >= 11 is 0. The number of hydrogen-bond donors (Lipinski definition) is 1. The Kier molecular flexibility index (Phi) is 8.84. The molecule has 7 nitrogen and oxygen atoms in total. The highest BCUT2D eigenvalue weighted by Gasteiger charge is 2.17. The van der Waals surface area contributed by atoms with Gasteiger partial charge in [0.05, 0.1) is 7.11 Å². The van der Waals surface area contributed by atoms with Crippen LogP contribution in [0.2, 0.25) is 0 Å². The largest absolute Gasteiger partial charge is 0.493 e. The van der Waals surface area contributed by atoms with Gasteiger partial charge in [-0.05, 0) is 30.8 Å². The van der Waals surface area contributed by atoms with Crippen LogP contribution >= 0.6 is 0 Å². The number of piperazine rings is 1. The van der Waals surface area contributed by atoms with E-state index in [4.69, 9.17) is 9.47 Å². The third-order valence-corrected chi connectivity index (χ3v) is 4.98. The molecule has 1 aliphatic rings. The highest BCUT2D eigenvalue weighted by Crippen LogP contribution is 2.29. The second-order valence-electron chi connectivity index (χ2n) is 6.85. The molecule has 1 heterocycles. The lowest BCUT2D eigenvalue weighted by Crippen LogP contribution is -2.45. The molecule has 0 aliphatic carbocycles. The van der Waals surface area contributed by atoms with E-state index in [2.05, 4.69) is 23.6 Å². The van der Waals surface area contributed by atoms with E-state index in [1.54, 1.807) is 12.0 Å². The molecule has 7 heteroatoms. The lowest BCUT2D eigenvalue weighted by molar-refractivity contribution is -0.119. The molecule has 1 aliphatic heterocycles. The van der Waals surface area contributed by atoms with Gasteiger partial charge in [-0.25, -0.2) is 0 Å². The number of ether oxygens (including phenoxy) is 2. The van der Waals surface area contributed by atoms with Gasteiger partial charge in [0.25, 0.3) is 0 Å². The van der Waals surface area contributed by atoms with Crippen LogP contribution < -0.4 is 9.47 Å². The van der Waals surface area contributed by atoms with Crippen LogP contribution in [0.4, 0.5) is 0 Å². The molecule has 0 radical (unpaired) electrons. The number of aliphatic hydroxyl groups excluding tert-OH is 1. The van der Waals surface area contributed by atoms with Gasteiger partial charge in [-0.3, -0.25) is 9.69 Å². The van der Waals surface area contributed by atoms with E-state index in [-0.39, 0.29) is 6.61 Å². The number of carbonyl (C=O) groups excluding carboxylic acids is 1. The number of nitrogens with zero attached hydrogens (tertiary/aromatic N) is 3. The van der Waals surface area contributed by atoms with Crippen LogP contribution in [0.1, 0.15) is 19.4 Å². The number of amides is 1. The molecular weight excluding hydrogens is 346 g/mol. The van der Waals surface area contributed by atoms with E-state index in [1.807, 2.05) is 18.2 Å². The fraction of sp³-hybridized carbons (Fsp3) is 0.650. The van der Waals surface area contributed by atoms with E-state index in [9.17, 15) is 9.90 Å². The van der Waals surface area contributed by atoms with Crippen molar-refractivity contribution >= 4 is 6.41 Å². The summed E-state index contributed by atoms with van der Waals surface area (Å²) in [6.07, 6.45) is 0.379. The van der Waals surface area contributed by atoms with Crippen LogP contribution in [0, 0.1) is 0 Å². The number of likely N-dealkylation sites (N-methyl/N-ethyl adjacent to an activating group) is 1. The van der Waals surface area contributed by atoms with Crippen LogP contribution in [0.15, 0.2) is 18.2 Å².